The lowest BCUT2D eigenvalue weighted by Gasteiger charge is -2.10. The molecule has 1 rings (SSSR count). The van der Waals surface area contributed by atoms with E-state index in [0.717, 1.165) is 5.75 Å². The van der Waals surface area contributed by atoms with Gasteiger partial charge >= 0.3 is 5.97 Å². The number of carbonyl (C=O) groups excluding carboxylic acids is 1. The fourth-order valence-electron chi connectivity index (χ4n) is 1.26. The minimum atomic E-state index is -0.562. The summed E-state index contributed by atoms with van der Waals surface area (Å²) in [6.45, 7) is 6.06. The van der Waals surface area contributed by atoms with Gasteiger partial charge in [0.1, 0.15) is 6.04 Å². The van der Waals surface area contributed by atoms with Crippen molar-refractivity contribution >= 4 is 17.7 Å². The number of aromatic nitrogens is 2. The zero-order valence-corrected chi connectivity index (χ0v) is 12.6. The number of esters is 1. The van der Waals surface area contributed by atoms with Gasteiger partial charge < -0.3 is 15.0 Å². The van der Waals surface area contributed by atoms with Crippen LogP contribution in [0, 0.1) is 0 Å². The van der Waals surface area contributed by atoms with Gasteiger partial charge in [0.25, 0.3) is 0 Å². The first-order chi connectivity index (χ1) is 8.84. The van der Waals surface area contributed by atoms with Gasteiger partial charge in [-0.25, -0.2) is 0 Å². The molecule has 0 amide bonds. The van der Waals surface area contributed by atoms with Crippen LogP contribution in [0.4, 0.5) is 0 Å². The normalized spacial score (nSPS) is 13.3. The molecular weight excluding hydrogens is 266 g/mol. The van der Waals surface area contributed by atoms with Crippen molar-refractivity contribution in [2.24, 2.45) is 5.73 Å². The molecule has 7 heteroatoms. The lowest BCUT2D eigenvalue weighted by molar-refractivity contribution is -0.142. The molecule has 0 aliphatic carbocycles. The van der Waals surface area contributed by atoms with Crippen LogP contribution in [0.3, 0.4) is 0 Å². The van der Waals surface area contributed by atoms with Gasteiger partial charge in [0.05, 0.1) is 12.9 Å². The molecule has 0 spiro atoms. The van der Waals surface area contributed by atoms with Crippen molar-refractivity contribution in [2.75, 3.05) is 12.9 Å². The molecule has 0 saturated carbocycles. The standard InChI is InChI=1S/C12H21N3O3S/c1-12(2,3)11-14-9(15-18-11)7-19-6-5-8(13)10(16)17-4/h8H,5-7,13H2,1-4H3. The third kappa shape index (κ3) is 5.20. The van der Waals surface area contributed by atoms with Gasteiger partial charge in [-0.2, -0.15) is 16.7 Å². The van der Waals surface area contributed by atoms with Crippen LogP contribution in [-0.4, -0.2) is 35.0 Å². The number of hydrogen-bond acceptors (Lipinski definition) is 7. The van der Waals surface area contributed by atoms with Crippen molar-refractivity contribution in [3.8, 4) is 0 Å². The van der Waals surface area contributed by atoms with E-state index in [1.54, 1.807) is 11.8 Å². The quantitative estimate of drug-likeness (QED) is 0.626. The average Bonchev–Trinajstić information content (AvgIpc) is 2.81. The number of hydrogen-bond donors (Lipinski definition) is 1. The smallest absolute Gasteiger partial charge is 0.322 e. The van der Waals surface area contributed by atoms with Crippen molar-refractivity contribution in [2.45, 2.75) is 44.4 Å². The van der Waals surface area contributed by atoms with Crippen LogP contribution in [-0.2, 0) is 20.7 Å². The van der Waals surface area contributed by atoms with E-state index >= 15 is 0 Å². The Morgan fingerprint density at radius 2 is 2.21 bits per heavy atom. The molecular formula is C12H21N3O3S. The number of nitrogens with zero attached hydrogens (tertiary/aromatic N) is 2. The fourth-order valence-corrected chi connectivity index (χ4v) is 2.12. The predicted octanol–water partition coefficient (Wildman–Crippen LogP) is 1.49. The van der Waals surface area contributed by atoms with Gasteiger partial charge in [0.2, 0.25) is 5.89 Å². The minimum Gasteiger partial charge on any atom is -0.468 e. The summed E-state index contributed by atoms with van der Waals surface area (Å²) in [6.07, 6.45) is 0.571. The van der Waals surface area contributed by atoms with Crippen molar-refractivity contribution in [1.82, 2.24) is 10.1 Å². The van der Waals surface area contributed by atoms with Crippen LogP contribution >= 0.6 is 11.8 Å². The average molecular weight is 287 g/mol. The lowest BCUT2D eigenvalue weighted by atomic mass is 9.97. The Labute approximate surface area is 117 Å². The van der Waals surface area contributed by atoms with Crippen LogP contribution in [0.25, 0.3) is 0 Å². The Hall–Kier alpha value is -1.08. The zero-order valence-electron chi connectivity index (χ0n) is 11.8. The van der Waals surface area contributed by atoms with E-state index in [1.165, 1.54) is 7.11 Å². The maximum absolute atomic E-state index is 11.1. The molecule has 1 atom stereocenters. The molecule has 0 aliphatic rings. The molecule has 0 aliphatic heterocycles. The zero-order chi connectivity index (χ0) is 14.5. The summed E-state index contributed by atoms with van der Waals surface area (Å²) in [7, 11) is 1.34. The summed E-state index contributed by atoms with van der Waals surface area (Å²) in [5.74, 6) is 2.31. The highest BCUT2D eigenvalue weighted by Gasteiger charge is 2.21. The molecule has 0 saturated heterocycles. The fraction of sp³-hybridized carbons (Fsp3) is 0.750. The molecule has 108 valence electrons. The number of rotatable bonds is 6. The van der Waals surface area contributed by atoms with Gasteiger partial charge in [0, 0.05) is 5.41 Å². The Kier molecular flexibility index (Phi) is 5.81. The summed E-state index contributed by atoms with van der Waals surface area (Å²) in [5.41, 5.74) is 5.49. The second kappa shape index (κ2) is 6.91. The first-order valence-electron chi connectivity index (χ1n) is 6.09. The van der Waals surface area contributed by atoms with Crippen molar-refractivity contribution in [3.05, 3.63) is 11.7 Å². The topological polar surface area (TPSA) is 91.2 Å². The summed E-state index contributed by atoms with van der Waals surface area (Å²) in [5, 5.41) is 3.92. The first kappa shape index (κ1) is 16.0. The molecule has 1 aromatic heterocycles. The molecule has 6 nitrogen and oxygen atoms in total. The number of thioether (sulfide) groups is 1. The van der Waals surface area contributed by atoms with E-state index in [-0.39, 0.29) is 11.4 Å². The van der Waals surface area contributed by atoms with Crippen molar-refractivity contribution in [3.63, 3.8) is 0 Å². The third-order valence-electron chi connectivity index (χ3n) is 2.42. The Morgan fingerprint density at radius 1 is 1.53 bits per heavy atom. The molecule has 0 aromatic carbocycles. The molecule has 1 heterocycles. The summed E-state index contributed by atoms with van der Waals surface area (Å²) in [4.78, 5) is 15.4. The van der Waals surface area contributed by atoms with Gasteiger partial charge in [-0.15, -0.1) is 0 Å². The Morgan fingerprint density at radius 3 is 2.74 bits per heavy atom. The first-order valence-corrected chi connectivity index (χ1v) is 7.24. The molecule has 0 radical (unpaired) electrons. The Balaban J connectivity index is 2.30. The number of methoxy groups -OCH3 is 1. The predicted molar refractivity (Wildman–Crippen MR) is 73.8 cm³/mol. The van der Waals surface area contributed by atoms with E-state index in [1.807, 2.05) is 20.8 Å². The molecule has 1 unspecified atom stereocenters. The monoisotopic (exact) mass is 287 g/mol. The van der Waals surface area contributed by atoms with Gasteiger partial charge in [-0.1, -0.05) is 25.9 Å². The third-order valence-corrected chi connectivity index (χ3v) is 3.40. The largest absolute Gasteiger partial charge is 0.468 e. The molecule has 0 fully saturated rings. The second-order valence-corrected chi connectivity index (χ2v) is 6.34. The van der Waals surface area contributed by atoms with Crippen molar-refractivity contribution < 1.29 is 14.1 Å². The van der Waals surface area contributed by atoms with Crippen LogP contribution in [0.1, 0.15) is 38.9 Å². The summed E-state index contributed by atoms with van der Waals surface area (Å²) in [6, 6.07) is -0.562. The van der Waals surface area contributed by atoms with E-state index in [2.05, 4.69) is 14.9 Å². The maximum atomic E-state index is 11.1. The summed E-state index contributed by atoms with van der Waals surface area (Å²) < 4.78 is 9.74. The molecule has 1 aromatic rings. The van der Waals surface area contributed by atoms with Gasteiger partial charge in [-0.3, -0.25) is 4.79 Å². The van der Waals surface area contributed by atoms with Gasteiger partial charge in [-0.05, 0) is 12.2 Å². The highest BCUT2D eigenvalue weighted by atomic mass is 32.2. The number of carbonyl (C=O) groups is 1. The highest BCUT2D eigenvalue weighted by Crippen LogP contribution is 2.21. The number of ether oxygens (including phenoxy) is 1. The van der Waals surface area contributed by atoms with Crippen LogP contribution < -0.4 is 5.73 Å². The minimum absolute atomic E-state index is 0.136. The van der Waals surface area contributed by atoms with E-state index in [9.17, 15) is 4.79 Å². The molecule has 2 N–H and O–H groups in total. The molecule has 0 bridgehead atoms. The van der Waals surface area contributed by atoms with E-state index in [4.69, 9.17) is 10.3 Å². The second-order valence-electron chi connectivity index (χ2n) is 5.24. The molecule has 19 heavy (non-hydrogen) atoms. The van der Waals surface area contributed by atoms with Crippen molar-refractivity contribution in [1.29, 1.82) is 0 Å². The van der Waals surface area contributed by atoms with Crippen LogP contribution in [0.5, 0.6) is 0 Å². The maximum Gasteiger partial charge on any atom is 0.322 e. The van der Waals surface area contributed by atoms with Crippen LogP contribution in [0.2, 0.25) is 0 Å². The highest BCUT2D eigenvalue weighted by molar-refractivity contribution is 7.98. The van der Waals surface area contributed by atoms with Crippen LogP contribution in [0.15, 0.2) is 4.52 Å². The lowest BCUT2D eigenvalue weighted by Crippen LogP contribution is -2.31. The van der Waals surface area contributed by atoms with Gasteiger partial charge in [0.15, 0.2) is 5.82 Å². The summed E-state index contributed by atoms with van der Waals surface area (Å²) >= 11 is 1.61. The van der Waals surface area contributed by atoms with E-state index < -0.39 is 6.04 Å². The Bertz CT molecular complexity index is 415. The number of nitrogens with two attached hydrogens (primary N) is 1. The van der Waals surface area contributed by atoms with E-state index in [0.29, 0.717) is 23.9 Å². The SMILES string of the molecule is COC(=O)C(N)CCSCc1noc(C(C)(C)C)n1.